The van der Waals surface area contributed by atoms with E-state index in [0.717, 1.165) is 49.7 Å². The van der Waals surface area contributed by atoms with Crippen LogP contribution in [0.4, 0.5) is 0 Å². The molecule has 0 saturated heterocycles. The van der Waals surface area contributed by atoms with E-state index in [4.69, 9.17) is 0 Å². The summed E-state index contributed by atoms with van der Waals surface area (Å²) in [7, 11) is 0. The van der Waals surface area contributed by atoms with Gasteiger partial charge in [-0.25, -0.2) is 0 Å². The number of rotatable bonds is 12. The molecule has 0 radical (unpaired) electrons. The van der Waals surface area contributed by atoms with Crippen molar-refractivity contribution in [1.29, 1.82) is 0 Å². The summed E-state index contributed by atoms with van der Waals surface area (Å²) in [5.41, 5.74) is 5.34. The van der Waals surface area contributed by atoms with Crippen molar-refractivity contribution in [2.45, 2.75) is 58.3 Å². The van der Waals surface area contributed by atoms with E-state index in [2.05, 4.69) is 36.4 Å². The number of Topliss-reactive ketones (excluding diaryl/α,β-unsaturated/α-hetero) is 2. The lowest BCUT2D eigenvalue weighted by molar-refractivity contribution is 0.0971. The zero-order valence-corrected chi connectivity index (χ0v) is 18.5. The highest BCUT2D eigenvalue weighted by molar-refractivity contribution is 5.96. The van der Waals surface area contributed by atoms with Crippen LogP contribution in [0.5, 0.6) is 0 Å². The molecule has 0 atom stereocenters. The molecule has 3 rings (SSSR count). The monoisotopic (exact) mass is 412 g/mol. The summed E-state index contributed by atoms with van der Waals surface area (Å²) in [5, 5.41) is 0. The van der Waals surface area contributed by atoms with Gasteiger partial charge >= 0.3 is 0 Å². The molecule has 0 bridgehead atoms. The topological polar surface area (TPSA) is 34.1 Å². The Morgan fingerprint density at radius 2 is 1.00 bits per heavy atom. The van der Waals surface area contributed by atoms with E-state index >= 15 is 0 Å². The van der Waals surface area contributed by atoms with Crippen molar-refractivity contribution in [1.82, 2.24) is 0 Å². The number of hydrogen-bond acceptors (Lipinski definition) is 2. The lowest BCUT2D eigenvalue weighted by Crippen LogP contribution is -2.00. The third kappa shape index (κ3) is 7.64. The van der Waals surface area contributed by atoms with Gasteiger partial charge in [0.1, 0.15) is 0 Å². The fourth-order valence-corrected chi connectivity index (χ4v) is 3.76. The smallest absolute Gasteiger partial charge is 0.162 e. The average molecular weight is 413 g/mol. The molecule has 3 aromatic rings. The third-order valence-corrected chi connectivity index (χ3v) is 5.73. The molecule has 0 aromatic heterocycles. The molecule has 0 spiro atoms. The van der Waals surface area contributed by atoms with E-state index < -0.39 is 0 Å². The Hall–Kier alpha value is -3.00. The predicted octanol–water partition coefficient (Wildman–Crippen LogP) is 7.19. The van der Waals surface area contributed by atoms with Gasteiger partial charge in [0.25, 0.3) is 0 Å². The first-order valence-electron chi connectivity index (χ1n) is 11.4. The van der Waals surface area contributed by atoms with Gasteiger partial charge in [0, 0.05) is 24.0 Å². The zero-order chi connectivity index (χ0) is 21.9. The third-order valence-electron chi connectivity index (χ3n) is 5.73. The standard InChI is InChI=1S/C29H32O2/c1-23-15-19-26(20-16-23)28(30)13-8-6-12-25-17-21-27(22-18-25)29(31)14-7-5-11-24-9-3-2-4-10-24/h2-4,9-10,15-22H,5-8,11-14H2,1H3. The van der Waals surface area contributed by atoms with E-state index in [0.29, 0.717) is 12.8 Å². The highest BCUT2D eigenvalue weighted by atomic mass is 16.1. The Labute approximate surface area is 186 Å². The minimum Gasteiger partial charge on any atom is -0.294 e. The van der Waals surface area contributed by atoms with Crippen LogP contribution in [0, 0.1) is 6.92 Å². The number of benzene rings is 3. The number of ketones is 2. The second-order valence-electron chi connectivity index (χ2n) is 8.31. The Morgan fingerprint density at radius 3 is 1.52 bits per heavy atom. The van der Waals surface area contributed by atoms with Gasteiger partial charge in [0.2, 0.25) is 0 Å². The van der Waals surface area contributed by atoms with Gasteiger partial charge < -0.3 is 0 Å². The maximum absolute atomic E-state index is 12.4. The van der Waals surface area contributed by atoms with E-state index in [1.54, 1.807) is 0 Å². The summed E-state index contributed by atoms with van der Waals surface area (Å²) in [4.78, 5) is 24.7. The van der Waals surface area contributed by atoms with Crippen molar-refractivity contribution in [3.63, 3.8) is 0 Å². The van der Waals surface area contributed by atoms with E-state index in [-0.39, 0.29) is 11.6 Å². The van der Waals surface area contributed by atoms with Gasteiger partial charge in [-0.3, -0.25) is 9.59 Å². The van der Waals surface area contributed by atoms with Crippen molar-refractivity contribution in [3.8, 4) is 0 Å². The van der Waals surface area contributed by atoms with Crippen LogP contribution < -0.4 is 0 Å². The second-order valence-corrected chi connectivity index (χ2v) is 8.31. The van der Waals surface area contributed by atoms with Gasteiger partial charge in [-0.15, -0.1) is 0 Å². The Kier molecular flexibility index (Phi) is 8.78. The Balaban J connectivity index is 1.34. The van der Waals surface area contributed by atoms with Gasteiger partial charge in [0.05, 0.1) is 0 Å². The summed E-state index contributed by atoms with van der Waals surface area (Å²) < 4.78 is 0. The van der Waals surface area contributed by atoms with Crippen molar-refractivity contribution in [2.75, 3.05) is 0 Å². The summed E-state index contributed by atoms with van der Waals surface area (Å²) in [6.45, 7) is 2.03. The normalized spacial score (nSPS) is 10.7. The van der Waals surface area contributed by atoms with Gasteiger partial charge in [-0.05, 0) is 56.6 Å². The SMILES string of the molecule is Cc1ccc(C(=O)CCCCc2ccc(C(=O)CCCCc3ccccc3)cc2)cc1. The number of unbranched alkanes of at least 4 members (excludes halogenated alkanes) is 2. The van der Waals surface area contributed by atoms with Gasteiger partial charge in [0.15, 0.2) is 11.6 Å². The number of aryl methyl sites for hydroxylation is 3. The molecule has 2 heteroatoms. The zero-order valence-electron chi connectivity index (χ0n) is 18.5. The molecular formula is C29H32O2. The number of carbonyl (C=O) groups excluding carboxylic acids is 2. The number of hydrogen-bond donors (Lipinski definition) is 0. The molecule has 2 nitrogen and oxygen atoms in total. The van der Waals surface area contributed by atoms with E-state index in [9.17, 15) is 9.59 Å². The Morgan fingerprint density at radius 1 is 0.548 bits per heavy atom. The van der Waals surface area contributed by atoms with E-state index in [1.807, 2.05) is 49.4 Å². The molecule has 0 aliphatic heterocycles. The van der Waals surface area contributed by atoms with Crippen LogP contribution in [0.15, 0.2) is 78.9 Å². The predicted molar refractivity (Wildman–Crippen MR) is 128 cm³/mol. The number of carbonyl (C=O) groups is 2. The van der Waals surface area contributed by atoms with Crippen LogP contribution in [0.3, 0.4) is 0 Å². The minimum absolute atomic E-state index is 0.216. The van der Waals surface area contributed by atoms with E-state index in [1.165, 1.54) is 16.7 Å². The quantitative estimate of drug-likeness (QED) is 0.233. The Bertz CT molecular complexity index is 954. The fraction of sp³-hybridized carbons (Fsp3) is 0.310. The molecule has 0 saturated carbocycles. The molecule has 3 aromatic carbocycles. The summed E-state index contributed by atoms with van der Waals surface area (Å²) in [6, 6.07) is 26.2. The maximum Gasteiger partial charge on any atom is 0.162 e. The van der Waals surface area contributed by atoms with Crippen LogP contribution in [-0.2, 0) is 12.8 Å². The van der Waals surface area contributed by atoms with Crippen molar-refractivity contribution in [3.05, 3.63) is 107 Å². The molecule has 0 heterocycles. The first kappa shape index (κ1) is 22.7. The van der Waals surface area contributed by atoms with Crippen LogP contribution >= 0.6 is 0 Å². The first-order chi connectivity index (χ1) is 15.1. The molecule has 0 fully saturated rings. The van der Waals surface area contributed by atoms with Crippen molar-refractivity contribution >= 4 is 11.6 Å². The fourth-order valence-electron chi connectivity index (χ4n) is 3.76. The molecule has 160 valence electrons. The summed E-state index contributed by atoms with van der Waals surface area (Å²) >= 11 is 0. The molecule has 0 unspecified atom stereocenters. The molecule has 0 amide bonds. The second kappa shape index (κ2) is 12.0. The largest absolute Gasteiger partial charge is 0.294 e. The van der Waals surface area contributed by atoms with Gasteiger partial charge in [-0.2, -0.15) is 0 Å². The lowest BCUT2D eigenvalue weighted by atomic mass is 9.99. The van der Waals surface area contributed by atoms with Crippen molar-refractivity contribution < 1.29 is 9.59 Å². The van der Waals surface area contributed by atoms with Crippen LogP contribution in [-0.4, -0.2) is 11.6 Å². The molecular weight excluding hydrogens is 380 g/mol. The van der Waals surface area contributed by atoms with Crippen LogP contribution in [0.25, 0.3) is 0 Å². The highest BCUT2D eigenvalue weighted by Gasteiger charge is 2.07. The summed E-state index contributed by atoms with van der Waals surface area (Å²) in [5.74, 6) is 0.441. The molecule has 0 N–H and O–H groups in total. The lowest BCUT2D eigenvalue weighted by Gasteiger charge is -2.05. The molecule has 0 aliphatic carbocycles. The molecule has 31 heavy (non-hydrogen) atoms. The van der Waals surface area contributed by atoms with Crippen LogP contribution in [0.2, 0.25) is 0 Å². The van der Waals surface area contributed by atoms with Crippen molar-refractivity contribution in [2.24, 2.45) is 0 Å². The highest BCUT2D eigenvalue weighted by Crippen LogP contribution is 2.14. The molecule has 0 aliphatic rings. The first-order valence-corrected chi connectivity index (χ1v) is 11.4. The maximum atomic E-state index is 12.4. The summed E-state index contributed by atoms with van der Waals surface area (Å²) in [6.07, 6.45) is 6.97. The average Bonchev–Trinajstić information content (AvgIpc) is 2.81. The minimum atomic E-state index is 0.216. The van der Waals surface area contributed by atoms with Crippen LogP contribution in [0.1, 0.15) is 75.9 Å². The van der Waals surface area contributed by atoms with Gasteiger partial charge in [-0.1, -0.05) is 84.4 Å².